The predicted molar refractivity (Wildman–Crippen MR) is 242 cm³/mol. The van der Waals surface area contributed by atoms with E-state index in [4.69, 9.17) is 42.1 Å². The summed E-state index contributed by atoms with van der Waals surface area (Å²) in [4.78, 5) is 58.7. The molecule has 5 saturated heterocycles. The molecule has 12 nitrogen and oxygen atoms in total. The number of esters is 2. The highest BCUT2D eigenvalue weighted by atomic mass is 35.5. The second kappa shape index (κ2) is 16.2. The fourth-order valence-electron chi connectivity index (χ4n) is 13.8. The zero-order valence-electron chi connectivity index (χ0n) is 36.4. The Labute approximate surface area is 388 Å². The Bertz CT molecular complexity index is 2430. The summed E-state index contributed by atoms with van der Waals surface area (Å²) in [6.45, 7) is 7.56. The number of nitrogens with zero attached hydrogens (tertiary/aromatic N) is 2. The van der Waals surface area contributed by atoms with Crippen molar-refractivity contribution in [1.82, 2.24) is 20.4 Å². The number of carbonyl (C=O) groups is 4. The lowest BCUT2D eigenvalue weighted by Gasteiger charge is -2.55. The molecule has 0 radical (unpaired) electrons. The topological polar surface area (TPSA) is 136 Å². The van der Waals surface area contributed by atoms with Crippen LogP contribution in [0.3, 0.4) is 0 Å². The average Bonchev–Trinajstić information content (AvgIpc) is 3.90. The number of piperidine rings is 2. The minimum atomic E-state index is -1.71. The third-order valence-electron chi connectivity index (χ3n) is 15.8. The number of hydrogen-bond donors (Lipinski definition) is 2. The van der Waals surface area contributed by atoms with Crippen LogP contribution in [0.1, 0.15) is 95.9 Å². The molecule has 13 rings (SSSR count). The van der Waals surface area contributed by atoms with Crippen LogP contribution in [0.15, 0.2) is 84.9 Å². The fourth-order valence-corrected chi connectivity index (χ4v) is 14.1. The number of rotatable bonds is 4. The molecule has 4 aromatic carbocycles. The number of amides is 2. The van der Waals surface area contributed by atoms with E-state index in [9.17, 15) is 19.2 Å². The normalized spacial score (nSPS) is 34.6. The Morgan fingerprint density at radius 2 is 0.954 bits per heavy atom. The van der Waals surface area contributed by atoms with Crippen molar-refractivity contribution >= 4 is 47.0 Å². The Morgan fingerprint density at radius 1 is 0.569 bits per heavy atom. The maximum Gasteiger partial charge on any atom is 0.420 e. The summed E-state index contributed by atoms with van der Waals surface area (Å²) in [6.07, 6.45) is -0.908. The molecule has 14 heteroatoms. The molecule has 5 fully saturated rings. The van der Waals surface area contributed by atoms with Crippen LogP contribution in [0.2, 0.25) is 10.0 Å². The number of fused-ring (bicyclic) bond motifs is 10. The summed E-state index contributed by atoms with van der Waals surface area (Å²) in [5, 5.41) is 7.48. The van der Waals surface area contributed by atoms with Crippen molar-refractivity contribution in [1.29, 1.82) is 0 Å². The number of halogens is 2. The lowest BCUT2D eigenvalue weighted by atomic mass is 9.49. The number of ether oxygens (including phenoxy) is 4. The highest BCUT2D eigenvalue weighted by molar-refractivity contribution is 6.31. The first-order chi connectivity index (χ1) is 31.5. The lowest BCUT2D eigenvalue weighted by Crippen LogP contribution is -2.61. The Hall–Kier alpha value is -4.82. The summed E-state index contributed by atoms with van der Waals surface area (Å²) < 4.78 is 21.6. The van der Waals surface area contributed by atoms with Crippen molar-refractivity contribution in [2.75, 3.05) is 52.5 Å². The van der Waals surface area contributed by atoms with Gasteiger partial charge in [0.25, 0.3) is 24.4 Å². The standard InChI is InChI=1S/C51H52Cl2N4O8/c1-3-62-47-43(58)54-31-17-21-56(22-18-31)27-49-37-11-7-5-9-33(37)41(35-15-13-29(52)25-39(35)49)51(49)42-34-10-6-8-12-38(34)50(51,40-26-30(53)14-16-36(40)42)28-57-23-19-32(20-24-57)55-44(59)48(63-4-2)65-46(61)45(60)64-47/h5-16,25-26,31-32,41-42,47-48H,3-4,17-24,27-28H2,1-2H3,(H,54,58)(H,55,59)/t41-,42-,47?,48?,49-,50+,51?/m1/s1. The van der Waals surface area contributed by atoms with Crippen LogP contribution in [0, 0.1) is 5.41 Å². The number of hydrogen-bond acceptors (Lipinski definition) is 10. The van der Waals surface area contributed by atoms with E-state index in [2.05, 4.69) is 105 Å². The minimum absolute atomic E-state index is 0.0223. The van der Waals surface area contributed by atoms with Crippen molar-refractivity contribution in [3.63, 3.8) is 0 Å². The fraction of sp³-hybridized carbons (Fsp3) is 0.451. The maximum atomic E-state index is 13.7. The molecule has 8 bridgehead atoms. The molecule has 5 heterocycles. The number of benzene rings is 4. The molecule has 2 amide bonds. The first-order valence-electron chi connectivity index (χ1n) is 23.0. The number of carbonyl (C=O) groups excluding carboxylic acids is 4. The summed E-state index contributed by atoms with van der Waals surface area (Å²) in [5.74, 6) is -4.26. The van der Waals surface area contributed by atoms with Gasteiger partial charge in [-0.25, -0.2) is 9.59 Å². The van der Waals surface area contributed by atoms with Crippen LogP contribution in [0.4, 0.5) is 0 Å². The summed E-state index contributed by atoms with van der Waals surface area (Å²) in [7, 11) is 0. The third kappa shape index (κ3) is 6.16. The van der Waals surface area contributed by atoms with Gasteiger partial charge >= 0.3 is 11.9 Å². The molecule has 338 valence electrons. The van der Waals surface area contributed by atoms with Gasteiger partial charge in [-0.3, -0.25) is 9.59 Å². The average molecular weight is 920 g/mol. The van der Waals surface area contributed by atoms with Crippen LogP contribution in [0.25, 0.3) is 0 Å². The van der Waals surface area contributed by atoms with Gasteiger partial charge in [0.2, 0.25) is 0 Å². The van der Waals surface area contributed by atoms with Gasteiger partial charge < -0.3 is 39.4 Å². The summed E-state index contributed by atoms with van der Waals surface area (Å²) in [6, 6.07) is 30.9. The zero-order valence-corrected chi connectivity index (χ0v) is 38.0. The van der Waals surface area contributed by atoms with E-state index in [0.717, 1.165) is 13.1 Å². The van der Waals surface area contributed by atoms with Crippen molar-refractivity contribution in [3.8, 4) is 0 Å². The van der Waals surface area contributed by atoms with Gasteiger partial charge in [-0.15, -0.1) is 0 Å². The first-order valence-corrected chi connectivity index (χ1v) is 23.8. The van der Waals surface area contributed by atoms with Crippen LogP contribution >= 0.6 is 23.2 Å². The molecule has 1 spiro atoms. The van der Waals surface area contributed by atoms with Gasteiger partial charge in [-0.2, -0.15) is 0 Å². The smallest absolute Gasteiger partial charge is 0.417 e. The van der Waals surface area contributed by atoms with Crippen LogP contribution in [-0.4, -0.2) is 111 Å². The lowest BCUT2D eigenvalue weighted by molar-refractivity contribution is -0.205. The molecule has 4 aromatic rings. The van der Waals surface area contributed by atoms with E-state index >= 15 is 0 Å². The van der Waals surface area contributed by atoms with E-state index in [0.29, 0.717) is 61.9 Å². The van der Waals surface area contributed by atoms with Crippen LogP contribution < -0.4 is 10.6 Å². The molecule has 5 aliphatic heterocycles. The van der Waals surface area contributed by atoms with Crippen LogP contribution in [0.5, 0.6) is 0 Å². The number of nitrogens with one attached hydrogen (secondary N) is 2. The van der Waals surface area contributed by atoms with E-state index < -0.39 is 52.6 Å². The highest BCUT2D eigenvalue weighted by Gasteiger charge is 2.84. The quantitative estimate of drug-likeness (QED) is 0.181. The first kappa shape index (κ1) is 42.8. The minimum Gasteiger partial charge on any atom is -0.417 e. The largest absolute Gasteiger partial charge is 0.420 e. The molecular weight excluding hydrogens is 867 g/mol. The molecule has 0 aromatic heterocycles. The van der Waals surface area contributed by atoms with Crippen LogP contribution in [-0.2, 0) is 49.0 Å². The Kier molecular flexibility index (Phi) is 10.7. The van der Waals surface area contributed by atoms with E-state index in [1.807, 2.05) is 0 Å². The molecule has 3 unspecified atom stereocenters. The highest BCUT2D eigenvalue weighted by Crippen LogP contribution is 2.87. The van der Waals surface area contributed by atoms with Gasteiger partial charge in [0.15, 0.2) is 0 Å². The second-order valence-electron chi connectivity index (χ2n) is 18.7. The maximum absolute atomic E-state index is 13.7. The zero-order chi connectivity index (χ0) is 44.8. The van der Waals surface area contributed by atoms with Gasteiger partial charge in [0.1, 0.15) is 0 Å². The Morgan fingerprint density at radius 3 is 1.35 bits per heavy atom. The van der Waals surface area contributed by atoms with Crippen molar-refractivity contribution in [2.24, 2.45) is 5.41 Å². The predicted octanol–water partition coefficient (Wildman–Crippen LogP) is 6.16. The Balaban J connectivity index is 1.08. The van der Waals surface area contributed by atoms with Crippen molar-refractivity contribution in [3.05, 3.63) is 139 Å². The molecular formula is C51H52Cl2N4O8. The summed E-state index contributed by atoms with van der Waals surface area (Å²) in [5.41, 5.74) is 9.03. The van der Waals surface area contributed by atoms with E-state index in [1.165, 1.54) is 44.5 Å². The molecule has 0 saturated carbocycles. The molecule has 9 aliphatic rings. The van der Waals surface area contributed by atoms with Gasteiger partial charge in [0, 0.05) is 103 Å². The SMILES string of the molecule is CCOC1OC(=O)C(=O)OC(OCC)C(=O)NC2CCN(CC2)C[C@@]23c4ccccc4[C@H](c4ccc(Cl)cc42)C32[C@@H]3c4ccccc4[C@@]2(CN2CCC(CC2)NC1=O)c1cc(Cl)ccc13. The van der Waals surface area contributed by atoms with Crippen molar-refractivity contribution in [2.45, 2.75) is 86.9 Å². The van der Waals surface area contributed by atoms with Gasteiger partial charge in [0.05, 0.1) is 0 Å². The van der Waals surface area contributed by atoms with E-state index in [1.54, 1.807) is 13.8 Å². The molecule has 4 aliphatic carbocycles. The van der Waals surface area contributed by atoms with Gasteiger partial charge in [-0.05, 0) is 108 Å². The monoisotopic (exact) mass is 918 g/mol. The molecule has 65 heavy (non-hydrogen) atoms. The third-order valence-corrected chi connectivity index (χ3v) is 16.3. The second-order valence-corrected chi connectivity index (χ2v) is 19.6. The van der Waals surface area contributed by atoms with Gasteiger partial charge in [-0.1, -0.05) is 83.9 Å². The molecule has 7 atom stereocenters. The summed E-state index contributed by atoms with van der Waals surface area (Å²) >= 11 is 14.3. The van der Waals surface area contributed by atoms with Crippen molar-refractivity contribution < 1.29 is 38.1 Å². The molecule has 2 N–H and O–H groups in total. The van der Waals surface area contributed by atoms with E-state index in [-0.39, 0.29) is 37.1 Å².